The molecule has 6 heteroatoms. The first-order chi connectivity index (χ1) is 12.7. The van der Waals surface area contributed by atoms with Crippen LogP contribution in [0.15, 0.2) is 71.3 Å². The second-order valence-corrected chi connectivity index (χ2v) is 6.00. The molecule has 0 saturated carbocycles. The van der Waals surface area contributed by atoms with Gasteiger partial charge in [0.05, 0.1) is 29.4 Å². The Bertz CT molecular complexity index is 918. The van der Waals surface area contributed by atoms with Gasteiger partial charge in [0, 0.05) is 5.69 Å². The molecule has 3 aromatic rings. The van der Waals surface area contributed by atoms with Crippen LogP contribution in [0.1, 0.15) is 22.9 Å². The molecule has 1 heterocycles. The number of hydrogen-bond acceptors (Lipinski definition) is 4. The highest BCUT2D eigenvalue weighted by Crippen LogP contribution is 2.22. The number of nitrogens with one attached hydrogen (secondary N) is 2. The molecule has 0 radical (unpaired) electrons. The highest BCUT2D eigenvalue weighted by molar-refractivity contribution is 6.32. The van der Waals surface area contributed by atoms with Gasteiger partial charge in [-0.15, -0.1) is 0 Å². The van der Waals surface area contributed by atoms with Gasteiger partial charge in [-0.05, 0) is 35.9 Å². The van der Waals surface area contributed by atoms with Crippen molar-refractivity contribution in [3.05, 3.63) is 88.8 Å². The number of carbonyl (C=O) groups is 1. The van der Waals surface area contributed by atoms with Gasteiger partial charge in [-0.25, -0.2) is 0 Å². The number of rotatable bonds is 6. The first-order valence-electron chi connectivity index (χ1n) is 7.98. The van der Waals surface area contributed by atoms with Crippen LogP contribution in [0.5, 0.6) is 0 Å². The second kappa shape index (κ2) is 8.34. The van der Waals surface area contributed by atoms with Crippen LogP contribution in [-0.4, -0.2) is 12.5 Å². The molecule has 2 aromatic carbocycles. The summed E-state index contributed by atoms with van der Waals surface area (Å²) < 4.78 is 5.50. The van der Waals surface area contributed by atoms with Gasteiger partial charge in [0.2, 0.25) is 5.91 Å². The largest absolute Gasteiger partial charge is 0.467 e. The Balaban J connectivity index is 1.67. The van der Waals surface area contributed by atoms with E-state index in [1.165, 1.54) is 0 Å². The Morgan fingerprint density at radius 1 is 1.15 bits per heavy atom. The number of halogens is 1. The molecule has 0 saturated heterocycles. The van der Waals surface area contributed by atoms with Crippen molar-refractivity contribution in [2.24, 2.45) is 0 Å². The lowest BCUT2D eigenvalue weighted by atomic mass is 10.0. The summed E-state index contributed by atoms with van der Waals surface area (Å²) in [4.78, 5) is 12.3. The molecule has 1 aromatic heterocycles. The van der Waals surface area contributed by atoms with Gasteiger partial charge >= 0.3 is 0 Å². The Hall–Kier alpha value is -3.07. The molecule has 1 atom stereocenters. The summed E-state index contributed by atoms with van der Waals surface area (Å²) in [5, 5.41) is 15.2. The number of furan rings is 1. The fourth-order valence-corrected chi connectivity index (χ4v) is 2.79. The highest BCUT2D eigenvalue weighted by atomic mass is 35.5. The monoisotopic (exact) mass is 365 g/mol. The van der Waals surface area contributed by atoms with Crippen molar-refractivity contribution in [2.45, 2.75) is 6.04 Å². The maximum Gasteiger partial charge on any atom is 0.238 e. The van der Waals surface area contributed by atoms with E-state index >= 15 is 0 Å². The van der Waals surface area contributed by atoms with Crippen LogP contribution in [-0.2, 0) is 4.79 Å². The number of nitriles is 1. The third-order valence-corrected chi connectivity index (χ3v) is 4.11. The summed E-state index contributed by atoms with van der Waals surface area (Å²) in [6.07, 6.45) is 1.60. The summed E-state index contributed by atoms with van der Waals surface area (Å²) in [5.74, 6) is 0.503. The summed E-state index contributed by atoms with van der Waals surface area (Å²) in [7, 11) is 0. The molecule has 0 spiro atoms. The van der Waals surface area contributed by atoms with Crippen LogP contribution >= 0.6 is 11.6 Å². The number of nitrogens with zero attached hydrogens (tertiary/aromatic N) is 1. The zero-order chi connectivity index (χ0) is 18.4. The van der Waals surface area contributed by atoms with Gasteiger partial charge in [0.1, 0.15) is 11.8 Å². The maximum absolute atomic E-state index is 12.3. The number of amides is 1. The Morgan fingerprint density at radius 3 is 2.62 bits per heavy atom. The summed E-state index contributed by atoms with van der Waals surface area (Å²) >= 11 is 5.99. The van der Waals surface area contributed by atoms with E-state index in [4.69, 9.17) is 21.3 Å². The molecular formula is C20H16ClN3O2. The topological polar surface area (TPSA) is 78.1 Å². The molecule has 0 aliphatic carbocycles. The van der Waals surface area contributed by atoms with Crippen LogP contribution in [0.2, 0.25) is 5.02 Å². The molecule has 130 valence electrons. The predicted molar refractivity (Wildman–Crippen MR) is 99.8 cm³/mol. The molecule has 0 fully saturated rings. The van der Waals surface area contributed by atoms with Crippen molar-refractivity contribution in [3.63, 3.8) is 0 Å². The van der Waals surface area contributed by atoms with Crippen LogP contribution in [0, 0.1) is 11.3 Å². The van der Waals surface area contributed by atoms with Gasteiger partial charge in [-0.1, -0.05) is 41.9 Å². The molecule has 1 amide bonds. The van der Waals surface area contributed by atoms with Crippen molar-refractivity contribution >= 4 is 23.2 Å². The fourth-order valence-electron chi connectivity index (χ4n) is 2.57. The van der Waals surface area contributed by atoms with Crippen molar-refractivity contribution < 1.29 is 9.21 Å². The Kier molecular flexibility index (Phi) is 5.69. The third kappa shape index (κ3) is 4.31. The Labute approximate surface area is 156 Å². The van der Waals surface area contributed by atoms with Gasteiger partial charge in [0.15, 0.2) is 0 Å². The average Bonchev–Trinajstić information content (AvgIpc) is 3.17. The van der Waals surface area contributed by atoms with Gasteiger partial charge in [-0.2, -0.15) is 5.26 Å². The number of benzene rings is 2. The molecule has 0 aliphatic rings. The van der Waals surface area contributed by atoms with E-state index in [0.717, 1.165) is 11.3 Å². The van der Waals surface area contributed by atoms with Gasteiger partial charge in [0.25, 0.3) is 0 Å². The van der Waals surface area contributed by atoms with Crippen LogP contribution in [0.3, 0.4) is 0 Å². The molecule has 5 nitrogen and oxygen atoms in total. The van der Waals surface area contributed by atoms with Crippen molar-refractivity contribution in [3.8, 4) is 6.07 Å². The lowest BCUT2D eigenvalue weighted by Gasteiger charge is -2.17. The molecule has 0 bridgehead atoms. The normalized spacial score (nSPS) is 11.5. The maximum atomic E-state index is 12.3. The number of carbonyl (C=O) groups excluding carboxylic acids is 1. The summed E-state index contributed by atoms with van der Waals surface area (Å²) in [6, 6.07) is 19.9. The van der Waals surface area contributed by atoms with Gasteiger partial charge in [-0.3, -0.25) is 10.1 Å². The first-order valence-corrected chi connectivity index (χ1v) is 8.36. The van der Waals surface area contributed by atoms with E-state index in [1.54, 1.807) is 24.5 Å². The van der Waals surface area contributed by atoms with Crippen molar-refractivity contribution in [1.82, 2.24) is 5.32 Å². The van der Waals surface area contributed by atoms with E-state index < -0.39 is 0 Å². The van der Waals surface area contributed by atoms with E-state index in [2.05, 4.69) is 10.6 Å². The van der Waals surface area contributed by atoms with Gasteiger partial charge < -0.3 is 9.73 Å². The molecule has 3 rings (SSSR count). The quantitative estimate of drug-likeness (QED) is 0.688. The molecule has 2 N–H and O–H groups in total. The smallest absolute Gasteiger partial charge is 0.238 e. The van der Waals surface area contributed by atoms with Crippen molar-refractivity contribution in [1.29, 1.82) is 5.26 Å². The third-order valence-electron chi connectivity index (χ3n) is 3.80. The zero-order valence-electron chi connectivity index (χ0n) is 13.8. The second-order valence-electron chi connectivity index (χ2n) is 5.59. The molecule has 26 heavy (non-hydrogen) atoms. The van der Waals surface area contributed by atoms with E-state index in [9.17, 15) is 4.79 Å². The van der Waals surface area contributed by atoms with Crippen molar-refractivity contribution in [2.75, 3.05) is 11.9 Å². The lowest BCUT2D eigenvalue weighted by Crippen LogP contribution is -2.31. The Morgan fingerprint density at radius 2 is 1.96 bits per heavy atom. The standard InChI is InChI=1S/C20H16ClN3O2/c21-17-11-16(9-8-15(17)12-22)24-19(25)13-23-20(18-7-4-10-26-18)14-5-2-1-3-6-14/h1-11,20,23H,13H2,(H,24,25)/t20-/m1/s1. The summed E-state index contributed by atoms with van der Waals surface area (Å²) in [6.45, 7) is 0.0812. The average molecular weight is 366 g/mol. The molecule has 0 aliphatic heterocycles. The van der Waals surface area contributed by atoms with Crippen LogP contribution in [0.25, 0.3) is 0 Å². The fraction of sp³-hybridized carbons (Fsp3) is 0.100. The summed E-state index contributed by atoms with van der Waals surface area (Å²) in [5.41, 5.74) is 1.90. The minimum Gasteiger partial charge on any atom is -0.467 e. The first kappa shape index (κ1) is 17.7. The highest BCUT2D eigenvalue weighted by Gasteiger charge is 2.17. The minimum absolute atomic E-state index is 0.0812. The molecular weight excluding hydrogens is 350 g/mol. The zero-order valence-corrected chi connectivity index (χ0v) is 14.5. The molecule has 0 unspecified atom stereocenters. The van der Waals surface area contributed by atoms with E-state index in [1.807, 2.05) is 48.5 Å². The van der Waals surface area contributed by atoms with Crippen LogP contribution in [0.4, 0.5) is 5.69 Å². The lowest BCUT2D eigenvalue weighted by molar-refractivity contribution is -0.115. The SMILES string of the molecule is N#Cc1ccc(NC(=O)CN[C@H](c2ccccc2)c2ccco2)cc1Cl. The number of hydrogen-bond donors (Lipinski definition) is 2. The van der Waals surface area contributed by atoms with Crippen LogP contribution < -0.4 is 10.6 Å². The van der Waals surface area contributed by atoms with E-state index in [-0.39, 0.29) is 18.5 Å². The number of anilines is 1. The predicted octanol–water partition coefficient (Wildman–Crippen LogP) is 4.12. The van der Waals surface area contributed by atoms with E-state index in [0.29, 0.717) is 16.3 Å². The minimum atomic E-state index is -0.235.